The first-order valence-corrected chi connectivity index (χ1v) is 7.57. The quantitative estimate of drug-likeness (QED) is 0.600. The Balaban J connectivity index is 1.75. The standard InChI is InChI=1S/C13H19BrN4O3/c1-16(2)13(19)20-12(14)21-18-9-7-17(8-10-18)11-5-3-4-6-15-11/h3-6,12H,7-10H2,1-2H3. The van der Waals surface area contributed by atoms with E-state index in [0.29, 0.717) is 13.1 Å². The Labute approximate surface area is 132 Å². The number of hydroxylamine groups is 2. The van der Waals surface area contributed by atoms with Crippen molar-refractivity contribution in [2.24, 2.45) is 0 Å². The third kappa shape index (κ3) is 4.83. The lowest BCUT2D eigenvalue weighted by molar-refractivity contribution is -0.226. The zero-order chi connectivity index (χ0) is 15.2. The Bertz CT molecular complexity index is 452. The molecule has 0 saturated carbocycles. The molecule has 1 unspecified atom stereocenters. The molecular weight excluding hydrogens is 340 g/mol. The molecule has 21 heavy (non-hydrogen) atoms. The molecule has 0 radical (unpaired) electrons. The molecule has 0 bridgehead atoms. The molecule has 1 fully saturated rings. The zero-order valence-corrected chi connectivity index (χ0v) is 13.7. The highest BCUT2D eigenvalue weighted by atomic mass is 79.9. The molecule has 116 valence electrons. The summed E-state index contributed by atoms with van der Waals surface area (Å²) < 4.78 is 5.04. The van der Waals surface area contributed by atoms with Crippen molar-refractivity contribution in [2.45, 2.75) is 5.20 Å². The SMILES string of the molecule is CN(C)C(=O)OC(Br)ON1CCN(c2ccccn2)CC1. The average Bonchev–Trinajstić information content (AvgIpc) is 2.48. The van der Waals surface area contributed by atoms with Crippen LogP contribution in [-0.4, -0.2) is 66.5 Å². The van der Waals surface area contributed by atoms with E-state index in [0.717, 1.165) is 18.9 Å². The maximum absolute atomic E-state index is 11.4. The van der Waals surface area contributed by atoms with Gasteiger partial charge < -0.3 is 14.5 Å². The number of amides is 1. The van der Waals surface area contributed by atoms with E-state index < -0.39 is 11.3 Å². The molecule has 1 aliphatic heterocycles. The molecule has 0 spiro atoms. The fourth-order valence-electron chi connectivity index (χ4n) is 1.89. The maximum atomic E-state index is 11.4. The number of hydrogen-bond acceptors (Lipinski definition) is 6. The largest absolute Gasteiger partial charge is 0.412 e. The van der Waals surface area contributed by atoms with Crippen LogP contribution in [0.15, 0.2) is 24.4 Å². The third-order valence-electron chi connectivity index (χ3n) is 3.00. The minimum Gasteiger partial charge on any atom is -0.407 e. The number of alkyl halides is 1. The van der Waals surface area contributed by atoms with Gasteiger partial charge in [-0.25, -0.2) is 14.6 Å². The minimum atomic E-state index is -0.784. The maximum Gasteiger partial charge on any atom is 0.412 e. The fraction of sp³-hybridized carbons (Fsp3) is 0.538. The molecule has 2 rings (SSSR count). The Morgan fingerprint density at radius 3 is 2.62 bits per heavy atom. The van der Waals surface area contributed by atoms with Crippen LogP contribution in [0.2, 0.25) is 0 Å². The highest BCUT2D eigenvalue weighted by Crippen LogP contribution is 2.15. The highest BCUT2D eigenvalue weighted by Gasteiger charge is 2.22. The number of carbonyl (C=O) groups excluding carboxylic acids is 1. The van der Waals surface area contributed by atoms with Crippen molar-refractivity contribution in [1.82, 2.24) is 14.9 Å². The van der Waals surface area contributed by atoms with E-state index in [1.807, 2.05) is 18.2 Å². The summed E-state index contributed by atoms with van der Waals surface area (Å²) in [5.74, 6) is 0.964. The number of piperazine rings is 1. The summed E-state index contributed by atoms with van der Waals surface area (Å²) >= 11 is 3.18. The minimum absolute atomic E-state index is 0.455. The number of rotatable bonds is 4. The van der Waals surface area contributed by atoms with Crippen molar-refractivity contribution >= 4 is 27.8 Å². The number of carbonyl (C=O) groups is 1. The summed E-state index contributed by atoms with van der Waals surface area (Å²) in [6, 6.07) is 5.86. The van der Waals surface area contributed by atoms with Crippen LogP contribution in [0.4, 0.5) is 10.6 Å². The Hall–Kier alpha value is -1.38. The molecule has 7 nitrogen and oxygen atoms in total. The van der Waals surface area contributed by atoms with Crippen LogP contribution in [0.1, 0.15) is 0 Å². The van der Waals surface area contributed by atoms with E-state index in [-0.39, 0.29) is 0 Å². The molecule has 0 aromatic carbocycles. The van der Waals surface area contributed by atoms with Gasteiger partial charge in [0.1, 0.15) is 5.82 Å². The Kier molecular flexibility index (Phi) is 5.77. The van der Waals surface area contributed by atoms with E-state index in [1.54, 1.807) is 25.4 Å². The van der Waals surface area contributed by atoms with Crippen molar-refractivity contribution in [1.29, 1.82) is 0 Å². The molecule has 2 heterocycles. The van der Waals surface area contributed by atoms with Gasteiger partial charge in [0.25, 0.3) is 5.20 Å². The second-order valence-corrected chi connectivity index (χ2v) is 5.51. The van der Waals surface area contributed by atoms with Gasteiger partial charge in [0.15, 0.2) is 0 Å². The van der Waals surface area contributed by atoms with Gasteiger partial charge in [0.05, 0.1) is 0 Å². The Morgan fingerprint density at radius 2 is 2.05 bits per heavy atom. The summed E-state index contributed by atoms with van der Waals surface area (Å²) in [5, 5.41) is 0.996. The van der Waals surface area contributed by atoms with Crippen LogP contribution < -0.4 is 4.90 Å². The lowest BCUT2D eigenvalue weighted by Gasteiger charge is -2.35. The van der Waals surface area contributed by atoms with Crippen molar-refractivity contribution in [3.63, 3.8) is 0 Å². The lowest BCUT2D eigenvalue weighted by atomic mass is 10.3. The molecule has 1 aromatic rings. The van der Waals surface area contributed by atoms with E-state index in [1.165, 1.54) is 4.90 Å². The summed E-state index contributed by atoms with van der Waals surface area (Å²) in [7, 11) is 3.24. The van der Waals surface area contributed by atoms with Crippen molar-refractivity contribution in [3.05, 3.63) is 24.4 Å². The summed E-state index contributed by atoms with van der Waals surface area (Å²) in [6.07, 6.45) is 1.33. The van der Waals surface area contributed by atoms with E-state index in [9.17, 15) is 4.79 Å². The van der Waals surface area contributed by atoms with Crippen LogP contribution in [0.5, 0.6) is 0 Å². The average molecular weight is 359 g/mol. The number of halogens is 1. The smallest absolute Gasteiger partial charge is 0.407 e. The summed E-state index contributed by atoms with van der Waals surface area (Å²) in [6.45, 7) is 3.02. The second-order valence-electron chi connectivity index (χ2n) is 4.76. The van der Waals surface area contributed by atoms with Crippen LogP contribution in [0.3, 0.4) is 0 Å². The number of anilines is 1. The van der Waals surface area contributed by atoms with Crippen molar-refractivity contribution in [2.75, 3.05) is 45.2 Å². The van der Waals surface area contributed by atoms with Crippen LogP contribution in [-0.2, 0) is 9.57 Å². The van der Waals surface area contributed by atoms with Crippen LogP contribution in [0.25, 0.3) is 0 Å². The molecule has 0 aliphatic carbocycles. The van der Waals surface area contributed by atoms with Crippen molar-refractivity contribution < 1.29 is 14.4 Å². The number of hydrogen-bond donors (Lipinski definition) is 0. The first-order valence-electron chi connectivity index (χ1n) is 6.66. The zero-order valence-electron chi connectivity index (χ0n) is 12.1. The topological polar surface area (TPSA) is 58.1 Å². The summed E-state index contributed by atoms with van der Waals surface area (Å²) in [4.78, 5) is 24.8. The predicted octanol–water partition coefficient (Wildman–Crippen LogP) is 1.51. The molecule has 1 amide bonds. The fourth-order valence-corrected chi connectivity index (χ4v) is 2.28. The number of ether oxygens (including phenoxy) is 1. The molecule has 1 atom stereocenters. The van der Waals surface area contributed by atoms with Crippen LogP contribution >= 0.6 is 15.9 Å². The molecule has 8 heteroatoms. The van der Waals surface area contributed by atoms with Gasteiger partial charge in [0, 0.05) is 46.5 Å². The molecule has 1 aromatic heterocycles. The molecule has 1 saturated heterocycles. The first-order chi connectivity index (χ1) is 10.1. The monoisotopic (exact) mass is 358 g/mol. The number of pyridine rings is 1. The Morgan fingerprint density at radius 1 is 1.33 bits per heavy atom. The highest BCUT2D eigenvalue weighted by molar-refractivity contribution is 9.09. The molecule has 0 N–H and O–H groups in total. The van der Waals surface area contributed by atoms with E-state index >= 15 is 0 Å². The molecular formula is C13H19BrN4O3. The lowest BCUT2D eigenvalue weighted by Crippen LogP contribution is -2.47. The summed E-state index contributed by atoms with van der Waals surface area (Å²) in [5.41, 5.74) is 0. The number of aromatic nitrogens is 1. The number of nitrogens with zero attached hydrogens (tertiary/aromatic N) is 4. The van der Waals surface area contributed by atoms with Gasteiger partial charge in [-0.2, -0.15) is 5.06 Å². The van der Waals surface area contributed by atoms with E-state index in [2.05, 4.69) is 25.8 Å². The van der Waals surface area contributed by atoms with E-state index in [4.69, 9.17) is 9.57 Å². The first kappa shape index (κ1) is 16.0. The van der Waals surface area contributed by atoms with Gasteiger partial charge in [0.2, 0.25) is 0 Å². The normalized spacial score (nSPS) is 17.4. The second kappa shape index (κ2) is 7.58. The van der Waals surface area contributed by atoms with Crippen LogP contribution in [0, 0.1) is 0 Å². The molecule has 1 aliphatic rings. The van der Waals surface area contributed by atoms with Gasteiger partial charge in [-0.15, -0.1) is 0 Å². The third-order valence-corrected chi connectivity index (χ3v) is 3.36. The van der Waals surface area contributed by atoms with Gasteiger partial charge in [-0.1, -0.05) is 6.07 Å². The van der Waals surface area contributed by atoms with Gasteiger partial charge in [-0.3, -0.25) is 0 Å². The van der Waals surface area contributed by atoms with Gasteiger partial charge in [-0.05, 0) is 28.1 Å². The van der Waals surface area contributed by atoms with Crippen molar-refractivity contribution in [3.8, 4) is 0 Å². The van der Waals surface area contributed by atoms with Gasteiger partial charge >= 0.3 is 6.09 Å². The predicted molar refractivity (Wildman–Crippen MR) is 82.0 cm³/mol.